The molecule has 2 heterocycles. The van der Waals surface area contributed by atoms with Crippen molar-refractivity contribution in [2.24, 2.45) is 5.92 Å². The van der Waals surface area contributed by atoms with Gasteiger partial charge in [-0.2, -0.15) is 0 Å². The summed E-state index contributed by atoms with van der Waals surface area (Å²) in [4.78, 5) is 26.9. The van der Waals surface area contributed by atoms with E-state index in [0.717, 1.165) is 17.2 Å². The summed E-state index contributed by atoms with van der Waals surface area (Å²) in [5, 5.41) is 12.5. The van der Waals surface area contributed by atoms with E-state index in [9.17, 15) is 23.5 Å². The van der Waals surface area contributed by atoms with Crippen LogP contribution < -0.4 is 10.4 Å². The number of nitrogens with zero attached hydrogens (tertiary/aromatic N) is 3. The molecular weight excluding hydrogens is 428 g/mol. The summed E-state index contributed by atoms with van der Waals surface area (Å²) in [5.41, 5.74) is 1.37. The Kier molecular flexibility index (Phi) is 4.03. The molecule has 1 amide bonds. The van der Waals surface area contributed by atoms with Crippen molar-refractivity contribution < 1.29 is 18.7 Å². The van der Waals surface area contributed by atoms with Gasteiger partial charge in [0, 0.05) is 24.7 Å². The Labute approximate surface area is 188 Å². The SMILES string of the molecule is CCN1CN(C23c4ccccc4CC2Cc2c3ccc(F)c2F)n2ccc(=O)c(O)c2C1=O. The summed E-state index contributed by atoms with van der Waals surface area (Å²) in [7, 11) is 0. The summed E-state index contributed by atoms with van der Waals surface area (Å²) in [6.45, 7) is 2.33. The van der Waals surface area contributed by atoms with Crippen LogP contribution in [-0.2, 0) is 18.4 Å². The van der Waals surface area contributed by atoms with Gasteiger partial charge in [0.1, 0.15) is 12.2 Å². The molecule has 2 aliphatic carbocycles. The minimum absolute atomic E-state index is 0.121. The Hall–Kier alpha value is -3.68. The van der Waals surface area contributed by atoms with Crippen LogP contribution in [0.2, 0.25) is 0 Å². The third kappa shape index (κ3) is 2.35. The third-order valence-corrected chi connectivity index (χ3v) is 7.44. The van der Waals surface area contributed by atoms with E-state index in [-0.39, 0.29) is 18.3 Å². The van der Waals surface area contributed by atoms with Gasteiger partial charge in [-0.1, -0.05) is 30.3 Å². The van der Waals surface area contributed by atoms with Crippen LogP contribution in [0.5, 0.6) is 5.75 Å². The molecule has 0 fully saturated rings. The van der Waals surface area contributed by atoms with Gasteiger partial charge in [-0.15, -0.1) is 0 Å². The molecule has 2 atom stereocenters. The molecule has 0 bridgehead atoms. The van der Waals surface area contributed by atoms with Crippen molar-refractivity contribution in [3.05, 3.63) is 98.5 Å². The number of halogens is 2. The van der Waals surface area contributed by atoms with E-state index in [4.69, 9.17) is 0 Å². The van der Waals surface area contributed by atoms with Crippen LogP contribution in [0.1, 0.15) is 39.7 Å². The maximum atomic E-state index is 15.0. The predicted octanol–water partition coefficient (Wildman–Crippen LogP) is 2.88. The lowest BCUT2D eigenvalue weighted by molar-refractivity contribution is 0.0658. The molecule has 3 aromatic rings. The number of aromatic nitrogens is 1. The van der Waals surface area contributed by atoms with Crippen LogP contribution in [0.15, 0.2) is 53.5 Å². The number of hydrogen-bond acceptors (Lipinski definition) is 4. The average Bonchev–Trinajstić information content (AvgIpc) is 3.31. The number of hydrogen-bond donors (Lipinski definition) is 1. The van der Waals surface area contributed by atoms with Crippen molar-refractivity contribution in [2.45, 2.75) is 25.3 Å². The Morgan fingerprint density at radius 1 is 1.06 bits per heavy atom. The first-order valence-corrected chi connectivity index (χ1v) is 11.0. The van der Waals surface area contributed by atoms with Crippen molar-refractivity contribution in [1.29, 1.82) is 0 Å². The fourth-order valence-corrected chi connectivity index (χ4v) is 6.06. The Balaban J connectivity index is 1.71. The van der Waals surface area contributed by atoms with Gasteiger partial charge in [0.05, 0.1) is 0 Å². The van der Waals surface area contributed by atoms with Crippen LogP contribution in [-0.4, -0.2) is 33.8 Å². The summed E-state index contributed by atoms with van der Waals surface area (Å²) in [6, 6.07) is 11.9. The largest absolute Gasteiger partial charge is 0.502 e. The van der Waals surface area contributed by atoms with Crippen LogP contribution in [0.25, 0.3) is 0 Å². The second kappa shape index (κ2) is 6.66. The number of rotatable bonds is 2. The number of pyridine rings is 1. The van der Waals surface area contributed by atoms with Gasteiger partial charge < -0.3 is 10.0 Å². The first-order valence-electron chi connectivity index (χ1n) is 11.0. The van der Waals surface area contributed by atoms with Gasteiger partial charge in [0.2, 0.25) is 5.43 Å². The number of carbonyl (C=O) groups excluding carboxylic acids is 1. The van der Waals surface area contributed by atoms with Crippen LogP contribution >= 0.6 is 0 Å². The van der Waals surface area contributed by atoms with E-state index in [1.54, 1.807) is 11.0 Å². The Bertz CT molecular complexity index is 1400. The first kappa shape index (κ1) is 20.0. The van der Waals surface area contributed by atoms with E-state index < -0.39 is 34.3 Å². The Morgan fingerprint density at radius 3 is 2.64 bits per heavy atom. The van der Waals surface area contributed by atoms with E-state index >= 15 is 0 Å². The lowest BCUT2D eigenvalue weighted by Gasteiger charge is -2.50. The van der Waals surface area contributed by atoms with E-state index in [2.05, 4.69) is 0 Å². The zero-order chi connectivity index (χ0) is 23.1. The molecule has 1 aromatic heterocycles. The second-order valence-electron chi connectivity index (χ2n) is 8.84. The highest BCUT2D eigenvalue weighted by Crippen LogP contribution is 2.57. The van der Waals surface area contributed by atoms with Crippen molar-refractivity contribution in [1.82, 2.24) is 9.58 Å². The summed E-state index contributed by atoms with van der Waals surface area (Å²) in [6.07, 6.45) is 2.47. The number of amides is 1. The summed E-state index contributed by atoms with van der Waals surface area (Å²) in [5.74, 6) is -2.92. The van der Waals surface area contributed by atoms with Crippen molar-refractivity contribution in [3.8, 4) is 5.75 Å². The molecule has 0 saturated carbocycles. The van der Waals surface area contributed by atoms with E-state index in [1.165, 1.54) is 16.9 Å². The third-order valence-electron chi connectivity index (χ3n) is 7.44. The standard InChI is InChI=1S/C25H21F2N3O3/c1-2-28-13-30(29-10-9-20(31)23(32)22(29)24(28)33)25-15(11-14-5-3-4-6-17(14)25)12-16-18(25)7-8-19(26)21(16)27/h3-10,15,32H,2,11-13H2,1H3. The molecule has 1 N–H and O–H groups in total. The predicted molar refractivity (Wildman–Crippen MR) is 117 cm³/mol. The number of aromatic hydroxyl groups is 1. The highest BCUT2D eigenvalue weighted by atomic mass is 19.2. The molecule has 8 heteroatoms. The number of fused-ring (bicyclic) bond motifs is 6. The topological polar surface area (TPSA) is 65.8 Å². The smallest absolute Gasteiger partial charge is 0.277 e. The van der Waals surface area contributed by atoms with Crippen LogP contribution in [0.3, 0.4) is 0 Å². The van der Waals surface area contributed by atoms with Crippen LogP contribution in [0, 0.1) is 17.6 Å². The molecule has 33 heavy (non-hydrogen) atoms. The van der Waals surface area contributed by atoms with Crippen molar-refractivity contribution in [3.63, 3.8) is 0 Å². The van der Waals surface area contributed by atoms with Gasteiger partial charge in [0.15, 0.2) is 23.1 Å². The molecule has 2 aromatic carbocycles. The quantitative estimate of drug-likeness (QED) is 0.654. The van der Waals surface area contributed by atoms with Gasteiger partial charge >= 0.3 is 0 Å². The van der Waals surface area contributed by atoms with Gasteiger partial charge in [-0.25, -0.2) is 8.78 Å². The lowest BCUT2D eigenvalue weighted by atomic mass is 9.81. The molecule has 6 nitrogen and oxygen atoms in total. The molecule has 0 saturated heterocycles. The second-order valence-corrected chi connectivity index (χ2v) is 8.84. The van der Waals surface area contributed by atoms with Crippen molar-refractivity contribution >= 4 is 5.91 Å². The maximum absolute atomic E-state index is 15.0. The minimum atomic E-state index is -0.898. The molecule has 0 spiro atoms. The molecular formula is C25H21F2N3O3. The highest BCUT2D eigenvalue weighted by Gasteiger charge is 2.59. The minimum Gasteiger partial charge on any atom is -0.502 e. The molecule has 6 rings (SSSR count). The summed E-state index contributed by atoms with van der Waals surface area (Å²) < 4.78 is 30.7. The fraction of sp³-hybridized carbons (Fsp3) is 0.280. The molecule has 168 valence electrons. The van der Waals surface area contributed by atoms with Gasteiger partial charge in [0.25, 0.3) is 5.91 Å². The zero-order valence-corrected chi connectivity index (χ0v) is 17.9. The van der Waals surface area contributed by atoms with Crippen molar-refractivity contribution in [2.75, 3.05) is 18.2 Å². The lowest BCUT2D eigenvalue weighted by Crippen LogP contribution is -2.63. The zero-order valence-electron chi connectivity index (χ0n) is 17.9. The maximum Gasteiger partial charge on any atom is 0.277 e. The van der Waals surface area contributed by atoms with E-state index in [1.807, 2.05) is 36.2 Å². The highest BCUT2D eigenvalue weighted by molar-refractivity contribution is 5.96. The molecule has 2 unspecified atom stereocenters. The van der Waals surface area contributed by atoms with E-state index in [0.29, 0.717) is 30.5 Å². The Morgan fingerprint density at radius 2 is 1.85 bits per heavy atom. The molecule has 0 radical (unpaired) electrons. The molecule has 3 aliphatic rings. The normalized spacial score (nSPS) is 22.8. The van der Waals surface area contributed by atoms with Gasteiger partial charge in [-0.3, -0.25) is 19.3 Å². The number of carbonyl (C=O) groups is 1. The van der Waals surface area contributed by atoms with Gasteiger partial charge in [-0.05, 0) is 48.1 Å². The monoisotopic (exact) mass is 449 g/mol. The number of benzene rings is 2. The molecule has 1 aliphatic heterocycles. The van der Waals surface area contributed by atoms with Crippen LogP contribution in [0.4, 0.5) is 8.78 Å². The average molecular weight is 449 g/mol. The summed E-state index contributed by atoms with van der Waals surface area (Å²) >= 11 is 0. The first-order chi connectivity index (χ1) is 15.9. The fourth-order valence-electron chi connectivity index (χ4n) is 6.06.